The van der Waals surface area contributed by atoms with Gasteiger partial charge < -0.3 is 15.2 Å². The summed E-state index contributed by atoms with van der Waals surface area (Å²) in [4.78, 5) is 21.8. The van der Waals surface area contributed by atoms with Gasteiger partial charge in [-0.2, -0.15) is 0 Å². The molecule has 0 aliphatic carbocycles. The summed E-state index contributed by atoms with van der Waals surface area (Å²) in [5.41, 5.74) is 0.875. The maximum atomic E-state index is 11.5. The van der Waals surface area contributed by atoms with Gasteiger partial charge in [-0.1, -0.05) is 12.1 Å². The monoisotopic (exact) mass is 295 g/mol. The summed E-state index contributed by atoms with van der Waals surface area (Å²) in [7, 11) is 1.59. The predicted molar refractivity (Wildman–Crippen MR) is 80.0 cm³/mol. The summed E-state index contributed by atoms with van der Waals surface area (Å²) >= 11 is 1.27. The number of thioether (sulfide) groups is 1. The van der Waals surface area contributed by atoms with Crippen LogP contribution in [0.25, 0.3) is 6.08 Å². The number of hydrogen-bond donors (Lipinski definition) is 2. The van der Waals surface area contributed by atoms with Gasteiger partial charge in [0.25, 0.3) is 0 Å². The number of carbonyl (C=O) groups is 2. The number of carboxylic acids is 1. The van der Waals surface area contributed by atoms with E-state index in [1.165, 1.54) is 17.8 Å². The normalized spacial score (nSPS) is 10.4. The van der Waals surface area contributed by atoms with E-state index in [0.29, 0.717) is 12.3 Å². The zero-order valence-corrected chi connectivity index (χ0v) is 12.0. The highest BCUT2D eigenvalue weighted by Gasteiger charge is 1.98. The van der Waals surface area contributed by atoms with Crippen LogP contribution >= 0.6 is 11.8 Å². The van der Waals surface area contributed by atoms with Gasteiger partial charge in [-0.05, 0) is 23.8 Å². The second-order valence-corrected chi connectivity index (χ2v) is 4.95. The zero-order chi connectivity index (χ0) is 14.8. The van der Waals surface area contributed by atoms with E-state index in [1.807, 2.05) is 24.3 Å². The van der Waals surface area contributed by atoms with E-state index < -0.39 is 5.97 Å². The molecule has 0 saturated carbocycles. The molecule has 2 N–H and O–H groups in total. The second kappa shape index (κ2) is 9.03. The molecule has 1 rings (SSSR count). The van der Waals surface area contributed by atoms with Crippen molar-refractivity contribution in [3.8, 4) is 5.75 Å². The summed E-state index contributed by atoms with van der Waals surface area (Å²) in [6.45, 7) is 0.444. The van der Waals surface area contributed by atoms with Crippen molar-refractivity contribution >= 4 is 29.7 Å². The molecule has 0 atom stereocenters. The molecule has 20 heavy (non-hydrogen) atoms. The molecule has 0 spiro atoms. The SMILES string of the molecule is COc1cccc(/C=C/C(=O)NCCSCC(=O)O)c1. The summed E-state index contributed by atoms with van der Waals surface area (Å²) in [5.74, 6) is 0.307. The van der Waals surface area contributed by atoms with Crippen LogP contribution in [0.15, 0.2) is 30.3 Å². The maximum absolute atomic E-state index is 11.5. The van der Waals surface area contributed by atoms with Crippen molar-refractivity contribution in [1.82, 2.24) is 5.32 Å². The third kappa shape index (κ3) is 6.84. The molecule has 108 valence electrons. The average molecular weight is 295 g/mol. The summed E-state index contributed by atoms with van der Waals surface area (Å²) in [5, 5.41) is 11.1. The first kappa shape index (κ1) is 16.1. The minimum absolute atomic E-state index is 0.0511. The van der Waals surface area contributed by atoms with Gasteiger partial charge in [0, 0.05) is 18.4 Å². The lowest BCUT2D eigenvalue weighted by Gasteiger charge is -2.01. The van der Waals surface area contributed by atoms with Crippen LogP contribution in [-0.2, 0) is 9.59 Å². The number of carboxylic acid groups (broad SMARTS) is 1. The fourth-order valence-corrected chi connectivity index (χ4v) is 1.95. The van der Waals surface area contributed by atoms with E-state index in [2.05, 4.69) is 5.32 Å². The number of methoxy groups -OCH3 is 1. The lowest BCUT2D eigenvalue weighted by atomic mass is 10.2. The molecule has 0 heterocycles. The topological polar surface area (TPSA) is 75.6 Å². The van der Waals surface area contributed by atoms with Gasteiger partial charge in [-0.25, -0.2) is 0 Å². The van der Waals surface area contributed by atoms with Crippen LogP contribution in [0.2, 0.25) is 0 Å². The molecule has 5 nitrogen and oxygen atoms in total. The van der Waals surface area contributed by atoms with E-state index in [-0.39, 0.29) is 11.7 Å². The highest BCUT2D eigenvalue weighted by atomic mass is 32.2. The molecule has 1 aromatic rings. The van der Waals surface area contributed by atoms with Crippen molar-refractivity contribution in [1.29, 1.82) is 0 Å². The minimum atomic E-state index is -0.848. The molecule has 1 amide bonds. The van der Waals surface area contributed by atoms with Crippen LogP contribution in [0.1, 0.15) is 5.56 Å². The number of ether oxygens (including phenoxy) is 1. The number of nitrogens with one attached hydrogen (secondary N) is 1. The van der Waals surface area contributed by atoms with Gasteiger partial charge in [0.2, 0.25) is 5.91 Å². The van der Waals surface area contributed by atoms with E-state index in [1.54, 1.807) is 13.2 Å². The third-order valence-corrected chi connectivity index (χ3v) is 3.24. The van der Waals surface area contributed by atoms with E-state index in [4.69, 9.17) is 9.84 Å². The van der Waals surface area contributed by atoms with Gasteiger partial charge in [0.15, 0.2) is 0 Å². The van der Waals surface area contributed by atoms with Gasteiger partial charge in [-0.15, -0.1) is 11.8 Å². The Labute approximate surface area is 122 Å². The Balaban J connectivity index is 2.30. The fourth-order valence-electron chi connectivity index (χ4n) is 1.38. The van der Waals surface area contributed by atoms with Gasteiger partial charge in [0.1, 0.15) is 5.75 Å². The molecular weight excluding hydrogens is 278 g/mol. The Morgan fingerprint density at radius 2 is 2.25 bits per heavy atom. The molecule has 0 radical (unpaired) electrons. The van der Waals surface area contributed by atoms with Crippen LogP contribution in [-0.4, -0.2) is 42.1 Å². The van der Waals surface area contributed by atoms with E-state index >= 15 is 0 Å². The van der Waals surface area contributed by atoms with Crippen molar-refractivity contribution in [2.45, 2.75) is 0 Å². The van der Waals surface area contributed by atoms with Crippen LogP contribution in [0, 0.1) is 0 Å². The zero-order valence-electron chi connectivity index (χ0n) is 11.2. The molecule has 6 heteroatoms. The molecular formula is C14H17NO4S. The molecule has 0 aromatic heterocycles. The third-order valence-electron chi connectivity index (χ3n) is 2.29. The van der Waals surface area contributed by atoms with Gasteiger partial charge >= 0.3 is 5.97 Å². The first-order valence-electron chi connectivity index (χ1n) is 6.01. The van der Waals surface area contributed by atoms with E-state index in [0.717, 1.165) is 11.3 Å². The summed E-state index contributed by atoms with van der Waals surface area (Å²) in [6, 6.07) is 7.37. The average Bonchev–Trinajstić information content (AvgIpc) is 2.44. The Morgan fingerprint density at radius 3 is 2.95 bits per heavy atom. The number of aliphatic carboxylic acids is 1. The minimum Gasteiger partial charge on any atom is -0.497 e. The smallest absolute Gasteiger partial charge is 0.313 e. The molecule has 0 unspecified atom stereocenters. The Kier molecular flexibility index (Phi) is 7.27. The molecule has 0 aliphatic heterocycles. The number of carbonyl (C=O) groups excluding carboxylic acids is 1. The lowest BCUT2D eigenvalue weighted by Crippen LogP contribution is -2.23. The highest BCUT2D eigenvalue weighted by molar-refractivity contribution is 7.99. The number of rotatable bonds is 8. The van der Waals surface area contributed by atoms with Gasteiger partial charge in [0.05, 0.1) is 12.9 Å². The highest BCUT2D eigenvalue weighted by Crippen LogP contribution is 2.13. The van der Waals surface area contributed by atoms with Crippen molar-refractivity contribution in [3.63, 3.8) is 0 Å². The fraction of sp³-hybridized carbons (Fsp3) is 0.286. The standard InChI is InChI=1S/C14H17NO4S/c1-19-12-4-2-3-11(9-12)5-6-13(16)15-7-8-20-10-14(17)18/h2-6,9H,7-8,10H2,1H3,(H,15,16)(H,17,18)/b6-5+. The Bertz CT molecular complexity index is 488. The van der Waals surface area contributed by atoms with Crippen LogP contribution in [0.5, 0.6) is 5.75 Å². The molecule has 0 aliphatic rings. The van der Waals surface area contributed by atoms with Crippen molar-refractivity contribution in [2.75, 3.05) is 25.2 Å². The van der Waals surface area contributed by atoms with E-state index in [9.17, 15) is 9.59 Å². The van der Waals surface area contributed by atoms with Crippen molar-refractivity contribution < 1.29 is 19.4 Å². The van der Waals surface area contributed by atoms with Gasteiger partial charge in [-0.3, -0.25) is 9.59 Å². The first-order valence-corrected chi connectivity index (χ1v) is 7.17. The largest absolute Gasteiger partial charge is 0.497 e. The first-order chi connectivity index (χ1) is 9.61. The van der Waals surface area contributed by atoms with Crippen LogP contribution < -0.4 is 10.1 Å². The quantitative estimate of drug-likeness (QED) is 0.563. The van der Waals surface area contributed by atoms with Crippen molar-refractivity contribution in [3.05, 3.63) is 35.9 Å². The second-order valence-electron chi connectivity index (χ2n) is 3.85. The summed E-state index contributed by atoms with van der Waals surface area (Å²) < 4.78 is 5.09. The van der Waals surface area contributed by atoms with Crippen LogP contribution in [0.4, 0.5) is 0 Å². The molecule has 0 saturated heterocycles. The lowest BCUT2D eigenvalue weighted by molar-refractivity contribution is -0.133. The predicted octanol–water partition coefficient (Wildman–Crippen LogP) is 1.64. The maximum Gasteiger partial charge on any atom is 0.313 e. The summed E-state index contributed by atoms with van der Waals surface area (Å²) in [6.07, 6.45) is 3.14. The van der Waals surface area contributed by atoms with Crippen LogP contribution in [0.3, 0.4) is 0 Å². The number of hydrogen-bond acceptors (Lipinski definition) is 4. The molecule has 0 fully saturated rings. The number of amides is 1. The Hall–Kier alpha value is -1.95. The molecule has 0 bridgehead atoms. The molecule has 1 aromatic carbocycles. The Morgan fingerprint density at radius 1 is 1.45 bits per heavy atom. The van der Waals surface area contributed by atoms with Crippen molar-refractivity contribution in [2.24, 2.45) is 0 Å². The number of benzene rings is 1.